The van der Waals surface area contributed by atoms with Gasteiger partial charge in [-0.3, -0.25) is 0 Å². The summed E-state index contributed by atoms with van der Waals surface area (Å²) in [5.41, 5.74) is -2.16. The molecule has 0 heterocycles. The predicted octanol–water partition coefficient (Wildman–Crippen LogP) is 3.45. The van der Waals surface area contributed by atoms with E-state index in [0.717, 1.165) is 13.2 Å². The topological polar surface area (TPSA) is 64.6 Å². The van der Waals surface area contributed by atoms with Crippen molar-refractivity contribution >= 4 is 12.1 Å². The van der Waals surface area contributed by atoms with Crippen LogP contribution in [0.25, 0.3) is 0 Å². The second-order valence-corrected chi connectivity index (χ2v) is 6.23. The monoisotopic (exact) mass is 365 g/mol. The van der Waals surface area contributed by atoms with E-state index in [0.29, 0.717) is 12.1 Å². The maximum atomic E-state index is 13.9. The zero-order valence-electron chi connectivity index (χ0n) is 14.2. The molecule has 1 amide bonds. The van der Waals surface area contributed by atoms with Gasteiger partial charge in [0.25, 0.3) is 0 Å². The number of halogens is 4. The van der Waals surface area contributed by atoms with Gasteiger partial charge in [0.2, 0.25) is 0 Å². The predicted molar refractivity (Wildman–Crippen MR) is 80.3 cm³/mol. The van der Waals surface area contributed by atoms with Crippen LogP contribution < -0.4 is 5.32 Å². The summed E-state index contributed by atoms with van der Waals surface area (Å²) in [5, 5.41) is 2.22. The molecule has 0 radical (unpaired) electrons. The number of alkyl carbamates (subject to hydrolysis) is 1. The van der Waals surface area contributed by atoms with Crippen molar-refractivity contribution in [2.24, 2.45) is 0 Å². The fourth-order valence-electron chi connectivity index (χ4n) is 1.89. The fourth-order valence-corrected chi connectivity index (χ4v) is 1.89. The lowest BCUT2D eigenvalue weighted by Gasteiger charge is -2.22. The number of carbonyl (C=O) groups is 2. The van der Waals surface area contributed by atoms with Gasteiger partial charge in [0, 0.05) is 6.42 Å². The highest BCUT2D eigenvalue weighted by atomic mass is 19.4. The third-order valence-electron chi connectivity index (χ3n) is 2.98. The minimum atomic E-state index is -4.68. The number of hydrogen-bond donors (Lipinski definition) is 1. The summed E-state index contributed by atoms with van der Waals surface area (Å²) in [6, 6.07) is 0.619. The average Bonchev–Trinajstić information content (AvgIpc) is 2.44. The van der Waals surface area contributed by atoms with Crippen LogP contribution in [0.2, 0.25) is 0 Å². The normalized spacial score (nSPS) is 13.1. The number of amides is 1. The summed E-state index contributed by atoms with van der Waals surface area (Å²) in [5.74, 6) is -2.03. The molecule has 1 rings (SSSR count). The molecule has 0 spiro atoms. The SMILES string of the molecule is COC(=O)[C@@H](Cc1ccc(C(F)(F)F)cc1F)NC(=O)OC(C)(C)C. The minimum absolute atomic E-state index is 0.181. The first-order valence-electron chi connectivity index (χ1n) is 7.26. The standard InChI is InChI=1S/C16H19F4NO4/c1-15(2,3)25-14(23)21-12(13(22)24-4)7-9-5-6-10(8-11(9)17)16(18,19)20/h5-6,8,12H,7H2,1-4H3,(H,21,23)/t12-/m1/s1. The van der Waals surface area contributed by atoms with Crippen LogP contribution in [0.3, 0.4) is 0 Å². The lowest BCUT2D eigenvalue weighted by Crippen LogP contribution is -2.45. The van der Waals surface area contributed by atoms with Crippen molar-refractivity contribution in [3.05, 3.63) is 35.1 Å². The van der Waals surface area contributed by atoms with E-state index in [1.165, 1.54) is 0 Å². The maximum Gasteiger partial charge on any atom is 0.416 e. The molecule has 5 nitrogen and oxygen atoms in total. The third kappa shape index (κ3) is 6.60. The van der Waals surface area contributed by atoms with E-state index in [9.17, 15) is 27.2 Å². The summed E-state index contributed by atoms with van der Waals surface area (Å²) in [7, 11) is 1.06. The van der Waals surface area contributed by atoms with Gasteiger partial charge in [-0.2, -0.15) is 13.2 Å². The van der Waals surface area contributed by atoms with Gasteiger partial charge in [-0.25, -0.2) is 14.0 Å². The van der Waals surface area contributed by atoms with Crippen LogP contribution in [0.5, 0.6) is 0 Å². The Morgan fingerprint density at radius 2 is 1.80 bits per heavy atom. The van der Waals surface area contributed by atoms with Crippen LogP contribution in [0.4, 0.5) is 22.4 Å². The van der Waals surface area contributed by atoms with E-state index >= 15 is 0 Å². The Bertz CT molecular complexity index is 638. The molecule has 0 aliphatic carbocycles. The lowest BCUT2D eigenvalue weighted by molar-refractivity contribution is -0.143. The molecule has 0 saturated heterocycles. The summed E-state index contributed by atoms with van der Waals surface area (Å²) >= 11 is 0. The van der Waals surface area contributed by atoms with Crippen LogP contribution >= 0.6 is 0 Å². The lowest BCUT2D eigenvalue weighted by atomic mass is 10.0. The average molecular weight is 365 g/mol. The summed E-state index contributed by atoms with van der Waals surface area (Å²) in [6.07, 6.45) is -6.01. The molecular weight excluding hydrogens is 346 g/mol. The van der Waals surface area contributed by atoms with Crippen LogP contribution in [0.15, 0.2) is 18.2 Å². The van der Waals surface area contributed by atoms with E-state index in [4.69, 9.17) is 4.74 Å². The van der Waals surface area contributed by atoms with Crippen molar-refractivity contribution < 1.29 is 36.6 Å². The molecule has 9 heteroatoms. The van der Waals surface area contributed by atoms with E-state index in [1.807, 2.05) is 0 Å². The highest BCUT2D eigenvalue weighted by molar-refractivity contribution is 5.81. The minimum Gasteiger partial charge on any atom is -0.467 e. The molecule has 1 atom stereocenters. The number of rotatable bonds is 4. The van der Waals surface area contributed by atoms with Crippen LogP contribution in [-0.2, 0) is 26.9 Å². The van der Waals surface area contributed by atoms with Gasteiger partial charge >= 0.3 is 18.2 Å². The highest BCUT2D eigenvalue weighted by Crippen LogP contribution is 2.30. The second-order valence-electron chi connectivity index (χ2n) is 6.23. The first-order valence-corrected chi connectivity index (χ1v) is 7.26. The van der Waals surface area contributed by atoms with Gasteiger partial charge in [0.1, 0.15) is 17.5 Å². The molecule has 0 fully saturated rings. The molecule has 1 aromatic carbocycles. The number of alkyl halides is 3. The van der Waals surface area contributed by atoms with Gasteiger partial charge in [0.05, 0.1) is 12.7 Å². The van der Waals surface area contributed by atoms with Gasteiger partial charge in [-0.05, 0) is 38.5 Å². The number of benzene rings is 1. The van der Waals surface area contributed by atoms with Crippen molar-refractivity contribution in [2.45, 2.75) is 45.0 Å². The molecule has 0 saturated carbocycles. The molecule has 0 aliphatic heterocycles. The molecule has 0 aromatic heterocycles. The van der Waals surface area contributed by atoms with Gasteiger partial charge in [0.15, 0.2) is 0 Å². The molecule has 1 aromatic rings. The molecular formula is C16H19F4NO4. The molecule has 25 heavy (non-hydrogen) atoms. The summed E-state index contributed by atoms with van der Waals surface area (Å²) in [4.78, 5) is 23.5. The molecule has 0 unspecified atom stereocenters. The van der Waals surface area contributed by atoms with Gasteiger partial charge < -0.3 is 14.8 Å². The number of methoxy groups -OCH3 is 1. The van der Waals surface area contributed by atoms with E-state index < -0.39 is 47.7 Å². The van der Waals surface area contributed by atoms with Crippen LogP contribution in [0.1, 0.15) is 31.9 Å². The van der Waals surface area contributed by atoms with Crippen molar-refractivity contribution in [3.8, 4) is 0 Å². The molecule has 140 valence electrons. The largest absolute Gasteiger partial charge is 0.467 e. The molecule has 0 aliphatic rings. The number of esters is 1. The van der Waals surface area contributed by atoms with Crippen molar-refractivity contribution in [1.29, 1.82) is 0 Å². The van der Waals surface area contributed by atoms with Crippen molar-refractivity contribution in [2.75, 3.05) is 7.11 Å². The van der Waals surface area contributed by atoms with Crippen LogP contribution in [0, 0.1) is 5.82 Å². The Balaban J connectivity index is 2.96. The summed E-state index contributed by atoms with van der Waals surface area (Å²) < 4.78 is 61.1. The smallest absolute Gasteiger partial charge is 0.416 e. The van der Waals surface area contributed by atoms with Crippen molar-refractivity contribution in [1.82, 2.24) is 5.32 Å². The zero-order valence-corrected chi connectivity index (χ0v) is 14.2. The quantitative estimate of drug-likeness (QED) is 0.656. The van der Waals surface area contributed by atoms with E-state index in [-0.39, 0.29) is 5.56 Å². The number of nitrogens with one attached hydrogen (secondary N) is 1. The number of carbonyl (C=O) groups excluding carboxylic acids is 2. The Hall–Kier alpha value is -2.32. The van der Waals surface area contributed by atoms with E-state index in [2.05, 4.69) is 10.1 Å². The van der Waals surface area contributed by atoms with Gasteiger partial charge in [-0.15, -0.1) is 0 Å². The molecule has 0 bridgehead atoms. The third-order valence-corrected chi connectivity index (χ3v) is 2.98. The Morgan fingerprint density at radius 1 is 1.20 bits per heavy atom. The number of hydrogen-bond acceptors (Lipinski definition) is 4. The Morgan fingerprint density at radius 3 is 2.24 bits per heavy atom. The Kier molecular flexibility index (Phi) is 6.39. The van der Waals surface area contributed by atoms with Crippen molar-refractivity contribution in [3.63, 3.8) is 0 Å². The zero-order chi connectivity index (χ0) is 19.4. The highest BCUT2D eigenvalue weighted by Gasteiger charge is 2.32. The Labute approximate surface area is 142 Å². The van der Waals surface area contributed by atoms with Crippen LogP contribution in [-0.4, -0.2) is 30.8 Å². The second kappa shape index (κ2) is 7.71. The first kappa shape index (κ1) is 20.7. The fraction of sp³-hybridized carbons (Fsp3) is 0.500. The first-order chi connectivity index (χ1) is 11.3. The van der Waals surface area contributed by atoms with Gasteiger partial charge in [-0.1, -0.05) is 6.07 Å². The number of ether oxygens (including phenoxy) is 2. The summed E-state index contributed by atoms with van der Waals surface area (Å²) in [6.45, 7) is 4.82. The molecule has 1 N–H and O–H groups in total. The van der Waals surface area contributed by atoms with E-state index in [1.54, 1.807) is 20.8 Å². The maximum absolute atomic E-state index is 13.9.